The third-order valence-electron chi connectivity index (χ3n) is 5.59. The molecule has 5 rings (SSSR count). The number of ether oxygens (including phenoxy) is 1. The molecule has 8 heteroatoms. The van der Waals surface area contributed by atoms with Gasteiger partial charge in [0.25, 0.3) is 0 Å². The zero-order chi connectivity index (χ0) is 25.1. The van der Waals surface area contributed by atoms with Crippen molar-refractivity contribution in [1.29, 1.82) is 0 Å². The molecule has 0 bridgehead atoms. The van der Waals surface area contributed by atoms with Gasteiger partial charge in [-0.25, -0.2) is 9.37 Å². The average molecular weight is 500 g/mol. The molecule has 0 atom stereocenters. The average Bonchev–Trinajstić information content (AvgIpc) is 3.48. The highest BCUT2D eigenvalue weighted by Gasteiger charge is 2.16. The van der Waals surface area contributed by atoms with E-state index in [4.69, 9.17) is 4.74 Å². The van der Waals surface area contributed by atoms with Crippen LogP contribution in [0.1, 0.15) is 17.5 Å². The zero-order valence-corrected chi connectivity index (χ0v) is 20.3. The Labute approximate surface area is 211 Å². The second-order valence-electron chi connectivity index (χ2n) is 8.52. The van der Waals surface area contributed by atoms with Crippen LogP contribution < -0.4 is 4.74 Å². The summed E-state index contributed by atoms with van der Waals surface area (Å²) in [6.07, 6.45) is 5.27. The monoisotopic (exact) mass is 499 g/mol. The molecule has 5 aromatic rings. The second kappa shape index (κ2) is 10.2. The van der Waals surface area contributed by atoms with Gasteiger partial charge in [-0.1, -0.05) is 36.4 Å². The van der Waals surface area contributed by atoms with Crippen LogP contribution in [-0.2, 0) is 29.5 Å². The molecule has 0 saturated carbocycles. The Bertz CT molecular complexity index is 1560. The molecule has 0 saturated heterocycles. The van der Waals surface area contributed by atoms with E-state index in [1.807, 2.05) is 54.2 Å². The molecule has 0 N–H and O–H groups in total. The normalized spacial score (nSPS) is 11.1. The Morgan fingerprint density at radius 3 is 2.44 bits per heavy atom. The van der Waals surface area contributed by atoms with E-state index in [-0.39, 0.29) is 36.6 Å². The Kier molecular flexibility index (Phi) is 6.69. The Morgan fingerprint density at radius 2 is 1.72 bits per heavy atom. The van der Waals surface area contributed by atoms with Crippen LogP contribution in [0.4, 0.5) is 4.39 Å². The standard InChI is InChI=1S/C28H22FN3O3S/c1-32-16-24(31-17-32)27-15-23-28(36-27)26(9-10-30-23)35-25-8-7-19(13-22(25)29)12-21(34)14-20(33)11-18-5-3-2-4-6-18/h2-10,13,15-17H,11-12,14H2,1H3. The van der Waals surface area contributed by atoms with Crippen molar-refractivity contribution in [3.05, 3.63) is 96.3 Å². The van der Waals surface area contributed by atoms with Crippen molar-refractivity contribution in [3.63, 3.8) is 0 Å². The van der Waals surface area contributed by atoms with Crippen LogP contribution in [0, 0.1) is 5.82 Å². The molecule has 36 heavy (non-hydrogen) atoms. The highest BCUT2D eigenvalue weighted by Crippen LogP contribution is 2.39. The first-order valence-corrected chi connectivity index (χ1v) is 12.2. The Hall–Kier alpha value is -4.17. The van der Waals surface area contributed by atoms with Crippen LogP contribution in [0.3, 0.4) is 0 Å². The first-order valence-electron chi connectivity index (χ1n) is 11.3. The lowest BCUT2D eigenvalue weighted by Gasteiger charge is -2.09. The predicted molar refractivity (Wildman–Crippen MR) is 137 cm³/mol. The van der Waals surface area contributed by atoms with Gasteiger partial charge in [-0.15, -0.1) is 11.3 Å². The summed E-state index contributed by atoms with van der Waals surface area (Å²) in [5.41, 5.74) is 2.92. The fourth-order valence-electron chi connectivity index (χ4n) is 3.91. The van der Waals surface area contributed by atoms with E-state index in [2.05, 4.69) is 9.97 Å². The number of carbonyl (C=O) groups is 2. The smallest absolute Gasteiger partial charge is 0.166 e. The molecule has 0 fully saturated rings. The molecule has 0 spiro atoms. The fourth-order valence-corrected chi connectivity index (χ4v) is 4.94. The third kappa shape index (κ3) is 5.39. The molecule has 3 heterocycles. The number of rotatable bonds is 9. The lowest BCUT2D eigenvalue weighted by molar-refractivity contribution is -0.126. The number of ketones is 2. The zero-order valence-electron chi connectivity index (χ0n) is 19.5. The predicted octanol–water partition coefficient (Wildman–Crippen LogP) is 5.94. The van der Waals surface area contributed by atoms with Crippen LogP contribution in [0.25, 0.3) is 20.8 Å². The number of thiophene rings is 1. The molecule has 0 aliphatic carbocycles. The number of pyridine rings is 1. The van der Waals surface area contributed by atoms with Gasteiger partial charge in [0, 0.05) is 38.3 Å². The molecule has 0 radical (unpaired) electrons. The summed E-state index contributed by atoms with van der Waals surface area (Å²) in [7, 11) is 1.90. The molecule has 0 aliphatic rings. The van der Waals surface area contributed by atoms with Crippen molar-refractivity contribution < 1.29 is 18.7 Å². The summed E-state index contributed by atoms with van der Waals surface area (Å²) in [5.74, 6) is -0.453. The van der Waals surface area contributed by atoms with Crippen molar-refractivity contribution in [1.82, 2.24) is 14.5 Å². The second-order valence-corrected chi connectivity index (χ2v) is 9.57. The van der Waals surface area contributed by atoms with Gasteiger partial charge in [0.1, 0.15) is 17.3 Å². The van der Waals surface area contributed by atoms with E-state index in [1.165, 1.54) is 23.5 Å². The summed E-state index contributed by atoms with van der Waals surface area (Å²) in [5, 5.41) is 0. The molecule has 3 aromatic heterocycles. The van der Waals surface area contributed by atoms with Crippen LogP contribution in [-0.4, -0.2) is 26.1 Å². The topological polar surface area (TPSA) is 74.1 Å². The fraction of sp³-hybridized carbons (Fsp3) is 0.143. The summed E-state index contributed by atoms with van der Waals surface area (Å²) in [6, 6.07) is 17.3. The number of nitrogens with zero attached hydrogens (tertiary/aromatic N) is 3. The number of hydrogen-bond donors (Lipinski definition) is 0. The molecule has 0 unspecified atom stereocenters. The number of halogens is 1. The van der Waals surface area contributed by atoms with Crippen molar-refractivity contribution in [2.45, 2.75) is 19.3 Å². The van der Waals surface area contributed by atoms with Gasteiger partial charge in [-0.3, -0.25) is 14.6 Å². The SMILES string of the molecule is Cn1cnc(-c2cc3nccc(Oc4ccc(CC(=O)CC(=O)Cc5ccccc5)cc4F)c3s2)c1. The molecular weight excluding hydrogens is 477 g/mol. The Morgan fingerprint density at radius 1 is 0.944 bits per heavy atom. The minimum Gasteiger partial charge on any atom is -0.453 e. The highest BCUT2D eigenvalue weighted by atomic mass is 32.1. The van der Waals surface area contributed by atoms with Crippen molar-refractivity contribution >= 4 is 33.1 Å². The molecule has 180 valence electrons. The quantitative estimate of drug-likeness (QED) is 0.235. The molecule has 6 nitrogen and oxygen atoms in total. The minimum absolute atomic E-state index is 0.0183. The summed E-state index contributed by atoms with van der Waals surface area (Å²) >= 11 is 1.47. The number of carbonyl (C=O) groups excluding carboxylic acids is 2. The Balaban J connectivity index is 1.26. The van der Waals surface area contributed by atoms with Gasteiger partial charge in [0.15, 0.2) is 11.6 Å². The van der Waals surface area contributed by atoms with Crippen LogP contribution in [0.5, 0.6) is 11.5 Å². The van der Waals surface area contributed by atoms with Gasteiger partial charge in [0.2, 0.25) is 0 Å². The van der Waals surface area contributed by atoms with Gasteiger partial charge < -0.3 is 9.30 Å². The lowest BCUT2D eigenvalue weighted by atomic mass is 10.0. The summed E-state index contributed by atoms with van der Waals surface area (Å²) in [6.45, 7) is 0. The van der Waals surface area contributed by atoms with Crippen molar-refractivity contribution in [3.8, 4) is 22.1 Å². The third-order valence-corrected chi connectivity index (χ3v) is 6.75. The summed E-state index contributed by atoms with van der Waals surface area (Å²) in [4.78, 5) is 34.3. The van der Waals surface area contributed by atoms with Crippen LogP contribution in [0.2, 0.25) is 0 Å². The summed E-state index contributed by atoms with van der Waals surface area (Å²) < 4.78 is 23.4. The number of fused-ring (bicyclic) bond motifs is 1. The molecule has 2 aromatic carbocycles. The largest absolute Gasteiger partial charge is 0.453 e. The van der Waals surface area contributed by atoms with Gasteiger partial charge >= 0.3 is 0 Å². The van der Waals surface area contributed by atoms with E-state index in [1.54, 1.807) is 24.7 Å². The van der Waals surface area contributed by atoms with Crippen molar-refractivity contribution in [2.75, 3.05) is 0 Å². The number of hydrogen-bond acceptors (Lipinski definition) is 6. The number of benzene rings is 2. The highest BCUT2D eigenvalue weighted by molar-refractivity contribution is 7.22. The minimum atomic E-state index is -0.581. The van der Waals surface area contributed by atoms with Gasteiger partial charge in [0.05, 0.1) is 33.5 Å². The number of imidazole rings is 1. The van der Waals surface area contributed by atoms with E-state index in [9.17, 15) is 14.0 Å². The van der Waals surface area contributed by atoms with E-state index >= 15 is 0 Å². The first kappa shape index (κ1) is 23.6. The van der Waals surface area contributed by atoms with Gasteiger partial charge in [-0.05, 0) is 29.3 Å². The first-order chi connectivity index (χ1) is 17.4. The number of aromatic nitrogens is 3. The van der Waals surface area contributed by atoms with E-state index in [0.717, 1.165) is 26.4 Å². The number of aryl methyl sites for hydroxylation is 1. The van der Waals surface area contributed by atoms with Crippen LogP contribution >= 0.6 is 11.3 Å². The molecule has 0 aliphatic heterocycles. The van der Waals surface area contributed by atoms with Crippen LogP contribution in [0.15, 0.2) is 79.4 Å². The van der Waals surface area contributed by atoms with Crippen molar-refractivity contribution in [2.24, 2.45) is 7.05 Å². The maximum Gasteiger partial charge on any atom is 0.166 e. The van der Waals surface area contributed by atoms with E-state index in [0.29, 0.717) is 11.3 Å². The lowest BCUT2D eigenvalue weighted by Crippen LogP contribution is -2.12. The maximum atomic E-state index is 14.9. The van der Waals surface area contributed by atoms with E-state index < -0.39 is 5.82 Å². The number of Topliss-reactive ketones (excluding diaryl/α,β-unsaturated/α-hetero) is 2. The molecule has 0 amide bonds. The molecular formula is C28H22FN3O3S. The van der Waals surface area contributed by atoms with Gasteiger partial charge in [-0.2, -0.15) is 0 Å². The maximum absolute atomic E-state index is 14.9.